The van der Waals surface area contributed by atoms with Crippen molar-refractivity contribution in [1.82, 2.24) is 4.31 Å². The Balaban J connectivity index is 1.60. The quantitative estimate of drug-likeness (QED) is 0.664. The Morgan fingerprint density at radius 2 is 1.50 bits per heavy atom. The number of nitrogens with zero attached hydrogens (tertiary/aromatic N) is 1. The fourth-order valence-electron chi connectivity index (χ4n) is 3.68. The van der Waals surface area contributed by atoms with Crippen LogP contribution in [0.15, 0.2) is 53.4 Å². The summed E-state index contributed by atoms with van der Waals surface area (Å²) in [5.41, 5.74) is 1.77. The Morgan fingerprint density at radius 1 is 0.938 bits per heavy atom. The van der Waals surface area contributed by atoms with Gasteiger partial charge in [0, 0.05) is 18.8 Å². The molecule has 1 aliphatic heterocycles. The zero-order valence-corrected chi connectivity index (χ0v) is 20.2. The van der Waals surface area contributed by atoms with Crippen LogP contribution in [0.4, 0.5) is 5.69 Å². The number of anilines is 1. The summed E-state index contributed by atoms with van der Waals surface area (Å²) in [6, 6.07) is 14.1. The zero-order chi connectivity index (χ0) is 23.4. The molecule has 2 aromatic rings. The maximum Gasteiger partial charge on any atom is 0.265 e. The van der Waals surface area contributed by atoms with Gasteiger partial charge in [-0.2, -0.15) is 4.31 Å². The van der Waals surface area contributed by atoms with Crippen LogP contribution in [0.3, 0.4) is 0 Å². The molecule has 1 fully saturated rings. The smallest absolute Gasteiger partial charge is 0.265 e. The standard InChI is InChI=1S/C25H34N2O4S/c1-19(31-22-13-9-20(10-14-22)25(2,3)4)24(28)26-21-11-15-23(16-12-21)32(29,30)27-17-7-5-6-8-18-27/h9-16,19H,5-8,17-18H2,1-4H3,(H,26,28)/t19-/m0/s1. The van der Waals surface area contributed by atoms with Gasteiger partial charge in [0.1, 0.15) is 5.75 Å². The SMILES string of the molecule is C[C@H](Oc1ccc(C(C)(C)C)cc1)C(=O)Nc1ccc(S(=O)(=O)N2CCCCCC2)cc1. The minimum Gasteiger partial charge on any atom is -0.481 e. The van der Waals surface area contributed by atoms with Crippen molar-refractivity contribution in [2.24, 2.45) is 0 Å². The lowest BCUT2D eigenvalue weighted by Gasteiger charge is -2.20. The van der Waals surface area contributed by atoms with Crippen LogP contribution in [-0.4, -0.2) is 37.8 Å². The Hall–Kier alpha value is -2.38. The second kappa shape index (κ2) is 10.0. The molecule has 1 aliphatic rings. The number of carbonyl (C=O) groups excluding carboxylic acids is 1. The van der Waals surface area contributed by atoms with Gasteiger partial charge in [0.15, 0.2) is 6.10 Å². The highest BCUT2D eigenvalue weighted by atomic mass is 32.2. The zero-order valence-electron chi connectivity index (χ0n) is 19.4. The van der Waals surface area contributed by atoms with Crippen molar-refractivity contribution in [3.63, 3.8) is 0 Å². The molecule has 1 N–H and O–H groups in total. The Kier molecular flexibility index (Phi) is 7.62. The fourth-order valence-corrected chi connectivity index (χ4v) is 5.19. The van der Waals surface area contributed by atoms with E-state index in [0.29, 0.717) is 24.5 Å². The molecule has 1 heterocycles. The van der Waals surface area contributed by atoms with Crippen molar-refractivity contribution in [2.45, 2.75) is 69.8 Å². The predicted octanol–water partition coefficient (Wildman–Crippen LogP) is 4.95. The van der Waals surface area contributed by atoms with Gasteiger partial charge in [-0.25, -0.2) is 8.42 Å². The molecule has 0 aliphatic carbocycles. The highest BCUT2D eigenvalue weighted by Gasteiger charge is 2.25. The molecular weight excluding hydrogens is 424 g/mol. The van der Waals surface area contributed by atoms with Gasteiger partial charge in [-0.05, 0) is 67.1 Å². The molecule has 0 saturated carbocycles. The third kappa shape index (κ3) is 6.11. The average molecular weight is 459 g/mol. The van der Waals surface area contributed by atoms with Crippen molar-refractivity contribution in [3.05, 3.63) is 54.1 Å². The van der Waals surface area contributed by atoms with Crippen molar-refractivity contribution in [1.29, 1.82) is 0 Å². The molecule has 32 heavy (non-hydrogen) atoms. The maximum absolute atomic E-state index is 12.9. The van der Waals surface area contributed by atoms with Crippen LogP contribution in [0.25, 0.3) is 0 Å². The average Bonchev–Trinajstić information content (AvgIpc) is 3.04. The van der Waals surface area contributed by atoms with Crippen molar-refractivity contribution < 1.29 is 17.9 Å². The number of ether oxygens (including phenoxy) is 1. The molecule has 3 rings (SSSR count). The number of hydrogen-bond acceptors (Lipinski definition) is 4. The molecule has 7 heteroatoms. The Bertz CT molecular complexity index is 1000. The van der Waals surface area contributed by atoms with Crippen LogP contribution in [0.5, 0.6) is 5.75 Å². The maximum atomic E-state index is 12.9. The second-order valence-corrected chi connectivity index (χ2v) is 11.3. The number of rotatable bonds is 6. The monoisotopic (exact) mass is 458 g/mol. The van der Waals surface area contributed by atoms with E-state index >= 15 is 0 Å². The van der Waals surface area contributed by atoms with E-state index < -0.39 is 16.1 Å². The van der Waals surface area contributed by atoms with Crippen molar-refractivity contribution in [3.8, 4) is 5.75 Å². The highest BCUT2D eigenvalue weighted by Crippen LogP contribution is 2.25. The first kappa shape index (κ1) is 24.3. The molecule has 1 atom stereocenters. The minimum absolute atomic E-state index is 0.0500. The van der Waals surface area contributed by atoms with Gasteiger partial charge in [0.25, 0.3) is 5.91 Å². The molecule has 2 aromatic carbocycles. The van der Waals surface area contributed by atoms with E-state index in [0.717, 1.165) is 25.7 Å². The third-order valence-corrected chi connectivity index (χ3v) is 7.64. The van der Waals surface area contributed by atoms with E-state index in [2.05, 4.69) is 26.1 Å². The first-order valence-corrected chi connectivity index (χ1v) is 12.7. The van der Waals surface area contributed by atoms with Crippen LogP contribution >= 0.6 is 0 Å². The number of carbonyl (C=O) groups is 1. The predicted molar refractivity (Wildman–Crippen MR) is 128 cm³/mol. The summed E-state index contributed by atoms with van der Waals surface area (Å²) in [7, 11) is -3.51. The van der Waals surface area contributed by atoms with Crippen LogP contribution in [0.1, 0.15) is 58.9 Å². The van der Waals surface area contributed by atoms with E-state index in [1.165, 1.54) is 5.56 Å². The van der Waals surface area contributed by atoms with E-state index in [9.17, 15) is 13.2 Å². The summed E-state index contributed by atoms with van der Waals surface area (Å²) in [5, 5.41) is 2.79. The van der Waals surface area contributed by atoms with E-state index in [4.69, 9.17) is 4.74 Å². The molecular formula is C25H34N2O4S. The molecule has 0 bridgehead atoms. The van der Waals surface area contributed by atoms with Crippen LogP contribution < -0.4 is 10.1 Å². The third-order valence-electron chi connectivity index (χ3n) is 5.73. The second-order valence-electron chi connectivity index (χ2n) is 9.37. The van der Waals surface area contributed by atoms with Crippen molar-refractivity contribution in [2.75, 3.05) is 18.4 Å². The summed E-state index contributed by atoms with van der Waals surface area (Å²) in [6.45, 7) is 9.24. The number of amides is 1. The fraction of sp³-hybridized carbons (Fsp3) is 0.480. The summed E-state index contributed by atoms with van der Waals surface area (Å²) in [6.07, 6.45) is 3.22. The Morgan fingerprint density at radius 3 is 2.03 bits per heavy atom. The molecule has 174 valence electrons. The van der Waals surface area contributed by atoms with E-state index in [1.807, 2.05) is 24.3 Å². The number of nitrogens with one attached hydrogen (secondary N) is 1. The van der Waals surface area contributed by atoms with Gasteiger partial charge in [-0.1, -0.05) is 45.7 Å². The van der Waals surface area contributed by atoms with Crippen LogP contribution in [-0.2, 0) is 20.2 Å². The first-order chi connectivity index (χ1) is 15.1. The molecule has 0 spiro atoms. The van der Waals surface area contributed by atoms with Crippen LogP contribution in [0.2, 0.25) is 0 Å². The summed E-state index contributed by atoms with van der Waals surface area (Å²) >= 11 is 0. The van der Waals surface area contributed by atoms with Gasteiger partial charge < -0.3 is 10.1 Å². The lowest BCUT2D eigenvalue weighted by atomic mass is 9.87. The summed E-state index contributed by atoms with van der Waals surface area (Å²) < 4.78 is 33.1. The number of benzene rings is 2. The first-order valence-electron chi connectivity index (χ1n) is 11.3. The van der Waals surface area contributed by atoms with Gasteiger partial charge in [-0.15, -0.1) is 0 Å². The lowest BCUT2D eigenvalue weighted by molar-refractivity contribution is -0.122. The highest BCUT2D eigenvalue weighted by molar-refractivity contribution is 7.89. The summed E-state index contributed by atoms with van der Waals surface area (Å²) in [5.74, 6) is 0.326. The lowest BCUT2D eigenvalue weighted by Crippen LogP contribution is -2.32. The van der Waals surface area contributed by atoms with E-state index in [-0.39, 0.29) is 16.2 Å². The minimum atomic E-state index is -3.51. The molecule has 0 aromatic heterocycles. The molecule has 6 nitrogen and oxygen atoms in total. The molecule has 1 amide bonds. The summed E-state index contributed by atoms with van der Waals surface area (Å²) in [4.78, 5) is 12.8. The topological polar surface area (TPSA) is 75.7 Å². The van der Waals surface area contributed by atoms with E-state index in [1.54, 1.807) is 35.5 Å². The van der Waals surface area contributed by atoms with Gasteiger partial charge in [-0.3, -0.25) is 4.79 Å². The van der Waals surface area contributed by atoms with Gasteiger partial charge in [0.05, 0.1) is 4.90 Å². The Labute approximate surface area is 192 Å². The van der Waals surface area contributed by atoms with Crippen molar-refractivity contribution >= 4 is 21.6 Å². The number of sulfonamides is 1. The van der Waals surface area contributed by atoms with Gasteiger partial charge >= 0.3 is 0 Å². The molecule has 0 radical (unpaired) electrons. The number of hydrogen-bond donors (Lipinski definition) is 1. The largest absolute Gasteiger partial charge is 0.481 e. The van der Waals surface area contributed by atoms with Gasteiger partial charge in [0.2, 0.25) is 10.0 Å². The molecule has 0 unspecified atom stereocenters. The van der Waals surface area contributed by atoms with Crippen LogP contribution in [0, 0.1) is 0 Å². The normalized spacial score (nSPS) is 16.8. The molecule has 1 saturated heterocycles.